The Balaban J connectivity index is -0.0000000238. The monoisotopic (exact) mass is 286 g/mol. The van der Waals surface area contributed by atoms with Crippen LogP contribution >= 0.6 is 8.58 Å². The first-order valence-electron chi connectivity index (χ1n) is 3.94. The molecule has 6 heteroatoms. The van der Waals surface area contributed by atoms with E-state index < -0.39 is 0 Å². The molecule has 16 heavy (non-hydrogen) atoms. The fourth-order valence-corrected chi connectivity index (χ4v) is 1.44. The average molecular weight is 286 g/mol. The van der Waals surface area contributed by atoms with Crippen LogP contribution in [0, 0.1) is 26.6 Å². The fourth-order valence-electron chi connectivity index (χ4n) is 0.479. The summed E-state index contributed by atoms with van der Waals surface area (Å²) in [4.78, 5) is 0. The van der Waals surface area contributed by atoms with Crippen LogP contribution in [-0.2, 0) is 35.7 Å². The molecule has 0 N–H and O–H groups in total. The van der Waals surface area contributed by atoms with E-state index in [1.807, 2.05) is 0 Å². The van der Waals surface area contributed by atoms with Gasteiger partial charge in [0.15, 0.2) is 0 Å². The van der Waals surface area contributed by atoms with Gasteiger partial charge < -0.3 is 0 Å². The van der Waals surface area contributed by atoms with Crippen molar-refractivity contribution in [3.05, 3.63) is 26.6 Å². The zero-order chi connectivity index (χ0) is 13.5. The third kappa shape index (κ3) is 152. The normalized spacial score (nSPS) is 4.62. The minimum absolute atomic E-state index is 0. The molecule has 0 aromatic heterocycles. The van der Waals surface area contributed by atoms with E-state index in [9.17, 15) is 0 Å². The number of hydrogen-bond acceptors (Lipinski definition) is 0. The molecule has 0 amide bonds. The molecule has 0 aromatic carbocycles. The molecule has 0 spiro atoms. The zero-order valence-electron chi connectivity index (χ0n) is 9.31. The van der Waals surface area contributed by atoms with Gasteiger partial charge in [0.2, 0.25) is 0 Å². The SMILES string of the molecule is CCCPCCC.[C-]#[O+].[C-]#[O+].[C-]#[O+].[C-]#[O+].[Fe]. The Labute approximate surface area is 110 Å². The van der Waals surface area contributed by atoms with Crippen LogP contribution in [0.1, 0.15) is 26.7 Å². The van der Waals surface area contributed by atoms with Crippen molar-refractivity contribution in [1.82, 2.24) is 0 Å². The Kier molecular flexibility index (Phi) is 269. The Morgan fingerprint density at radius 1 is 0.688 bits per heavy atom. The summed E-state index contributed by atoms with van der Waals surface area (Å²) < 4.78 is 30.0. The zero-order valence-corrected chi connectivity index (χ0v) is 11.4. The topological polar surface area (TPSA) is 79.6 Å². The second-order valence-electron chi connectivity index (χ2n) is 1.75. The molecule has 0 aromatic rings. The molecule has 0 unspecified atom stereocenters. The molecule has 0 aliphatic carbocycles. The van der Waals surface area contributed by atoms with Gasteiger partial charge in [0.05, 0.1) is 0 Å². The molecule has 0 rings (SSSR count). The van der Waals surface area contributed by atoms with E-state index >= 15 is 0 Å². The molecule has 0 bridgehead atoms. The fraction of sp³-hybridized carbons (Fsp3) is 0.600. The first-order chi connectivity index (χ1) is 7.41. The second kappa shape index (κ2) is 120. The maximum absolute atomic E-state index is 7.50. The van der Waals surface area contributed by atoms with Crippen LogP contribution in [-0.4, -0.2) is 12.3 Å². The van der Waals surface area contributed by atoms with Gasteiger partial charge in [0.1, 0.15) is 0 Å². The minimum atomic E-state index is 0. The van der Waals surface area contributed by atoms with E-state index in [-0.39, 0.29) is 17.1 Å². The van der Waals surface area contributed by atoms with Crippen molar-refractivity contribution in [1.29, 1.82) is 0 Å². The molecule has 0 radical (unpaired) electrons. The van der Waals surface area contributed by atoms with Gasteiger partial charge in [-0.25, -0.2) is 0 Å². The molecule has 0 atom stereocenters. The molecular formula is C10H15FeO4P. The van der Waals surface area contributed by atoms with Gasteiger partial charge >= 0.3 is 45.2 Å². The van der Waals surface area contributed by atoms with E-state index in [2.05, 4.69) is 40.4 Å². The summed E-state index contributed by atoms with van der Waals surface area (Å²) in [6.45, 7) is 22.5. The maximum Gasteiger partial charge on any atom is 0 e. The van der Waals surface area contributed by atoms with E-state index in [1.54, 1.807) is 0 Å². The van der Waals surface area contributed by atoms with E-state index in [0.29, 0.717) is 0 Å². The van der Waals surface area contributed by atoms with E-state index in [1.165, 1.54) is 33.7 Å². The van der Waals surface area contributed by atoms with Gasteiger partial charge in [-0.2, -0.15) is 0 Å². The van der Waals surface area contributed by atoms with Crippen LogP contribution in [0.2, 0.25) is 0 Å². The van der Waals surface area contributed by atoms with Crippen LogP contribution in [0.25, 0.3) is 0 Å². The molecule has 0 saturated carbocycles. The molecular weight excluding hydrogens is 271 g/mol. The number of hydrogen-bond donors (Lipinski definition) is 0. The molecule has 0 saturated heterocycles. The third-order valence-electron chi connectivity index (χ3n) is 0.854. The summed E-state index contributed by atoms with van der Waals surface area (Å²) >= 11 is 0. The summed E-state index contributed by atoms with van der Waals surface area (Å²) in [7, 11) is 1.23. The van der Waals surface area contributed by atoms with Crippen LogP contribution in [0.15, 0.2) is 0 Å². The molecule has 0 heterocycles. The second-order valence-corrected chi connectivity index (χ2v) is 3.25. The van der Waals surface area contributed by atoms with Gasteiger partial charge in [-0.1, -0.05) is 26.7 Å². The average Bonchev–Trinajstić information content (AvgIpc) is 2.40. The predicted octanol–water partition coefficient (Wildman–Crippen LogP) is 2.33. The van der Waals surface area contributed by atoms with Gasteiger partial charge in [-0.15, -0.1) is 8.58 Å². The Morgan fingerprint density at radius 3 is 1.00 bits per heavy atom. The largest absolute Gasteiger partial charge is 0 e. The van der Waals surface area contributed by atoms with E-state index in [4.69, 9.17) is 18.6 Å². The molecule has 92 valence electrons. The van der Waals surface area contributed by atoms with Crippen molar-refractivity contribution >= 4 is 8.58 Å². The van der Waals surface area contributed by atoms with Crippen LogP contribution in [0.3, 0.4) is 0 Å². The Hall–Kier alpha value is -0.0905. The van der Waals surface area contributed by atoms with Gasteiger partial charge in [-0.3, -0.25) is 0 Å². The van der Waals surface area contributed by atoms with Crippen molar-refractivity contribution < 1.29 is 35.7 Å². The van der Waals surface area contributed by atoms with Crippen LogP contribution in [0.5, 0.6) is 0 Å². The van der Waals surface area contributed by atoms with E-state index in [0.717, 1.165) is 0 Å². The predicted molar refractivity (Wildman–Crippen MR) is 54.3 cm³/mol. The van der Waals surface area contributed by atoms with Crippen molar-refractivity contribution in [2.45, 2.75) is 26.7 Å². The maximum atomic E-state index is 7.50. The minimum Gasteiger partial charge on any atom is 0 e. The summed E-state index contributed by atoms with van der Waals surface area (Å²) in [5.41, 5.74) is 0. The smallest absolute Gasteiger partial charge is 0 e. The quantitative estimate of drug-likeness (QED) is 0.250. The van der Waals surface area contributed by atoms with Gasteiger partial charge in [0.25, 0.3) is 0 Å². The van der Waals surface area contributed by atoms with Crippen molar-refractivity contribution in [2.24, 2.45) is 0 Å². The molecule has 4 nitrogen and oxygen atoms in total. The van der Waals surface area contributed by atoms with Crippen molar-refractivity contribution in [3.63, 3.8) is 0 Å². The summed E-state index contributed by atoms with van der Waals surface area (Å²) in [6.07, 6.45) is 5.65. The standard InChI is InChI=1S/C6H15P.4CO.Fe/c1-3-5-7-6-4-2;4*1-2;/h7H,3-6H2,1-2H3;;;;;. The van der Waals surface area contributed by atoms with Crippen molar-refractivity contribution in [2.75, 3.05) is 12.3 Å². The summed E-state index contributed by atoms with van der Waals surface area (Å²) in [5.74, 6) is 0. The first-order valence-corrected chi connectivity index (χ1v) is 5.35. The molecule has 0 aliphatic heterocycles. The summed E-state index contributed by atoms with van der Waals surface area (Å²) in [6, 6.07) is 0. The number of rotatable bonds is 4. The Bertz CT molecular complexity index is 115. The Morgan fingerprint density at radius 2 is 0.875 bits per heavy atom. The molecule has 0 fully saturated rings. The first kappa shape index (κ1) is 36.0. The van der Waals surface area contributed by atoms with Crippen LogP contribution < -0.4 is 0 Å². The third-order valence-corrected chi connectivity index (χ3v) is 2.56. The van der Waals surface area contributed by atoms with Crippen molar-refractivity contribution in [3.8, 4) is 0 Å². The molecule has 0 aliphatic rings. The van der Waals surface area contributed by atoms with Gasteiger partial charge in [0, 0.05) is 17.1 Å². The summed E-state index contributed by atoms with van der Waals surface area (Å²) in [5, 5.41) is 0. The van der Waals surface area contributed by atoms with Gasteiger partial charge in [-0.05, 0) is 12.3 Å². The van der Waals surface area contributed by atoms with Crippen LogP contribution in [0.4, 0.5) is 0 Å².